The molecule has 0 unspecified atom stereocenters. The number of hydrogen-bond donors (Lipinski definition) is 1. The topological polar surface area (TPSA) is 66.8 Å². The van der Waals surface area contributed by atoms with Crippen molar-refractivity contribution in [3.05, 3.63) is 97.1 Å². The third-order valence-corrected chi connectivity index (χ3v) is 5.58. The summed E-state index contributed by atoms with van der Waals surface area (Å²) in [4.78, 5) is 19.2. The molecule has 0 atom stereocenters. The lowest BCUT2D eigenvalue weighted by atomic mass is 10.1. The van der Waals surface area contributed by atoms with Gasteiger partial charge in [-0.2, -0.15) is 26.3 Å². The molecule has 1 aromatic carbocycles. The van der Waals surface area contributed by atoms with E-state index in [0.717, 1.165) is 18.2 Å². The summed E-state index contributed by atoms with van der Waals surface area (Å²) >= 11 is 0. The highest BCUT2D eigenvalue weighted by Gasteiger charge is 2.34. The van der Waals surface area contributed by atoms with E-state index in [4.69, 9.17) is 0 Å². The zero-order valence-electron chi connectivity index (χ0n) is 20.4. The number of alkyl halides is 6. The number of hydrogen-bond acceptors (Lipinski definition) is 6. The molecule has 0 aliphatic carbocycles. The molecule has 6 nitrogen and oxygen atoms in total. The molecular formula is C27H22F6N6. The van der Waals surface area contributed by atoms with Gasteiger partial charge in [0, 0.05) is 36.7 Å². The molecule has 3 aromatic heterocycles. The highest BCUT2D eigenvalue weighted by atomic mass is 19.4. The lowest BCUT2D eigenvalue weighted by molar-refractivity contribution is -0.138. The van der Waals surface area contributed by atoms with E-state index in [1.54, 1.807) is 12.2 Å². The van der Waals surface area contributed by atoms with E-state index in [2.05, 4.69) is 38.4 Å². The molecule has 0 radical (unpaired) electrons. The average molecular weight is 545 g/mol. The first-order chi connectivity index (χ1) is 18.5. The molecule has 3 heterocycles. The third-order valence-electron chi connectivity index (χ3n) is 5.58. The van der Waals surface area contributed by atoms with Crippen molar-refractivity contribution in [2.24, 2.45) is 0 Å². The van der Waals surface area contributed by atoms with Crippen LogP contribution in [0.1, 0.15) is 17.0 Å². The number of rotatable bonds is 9. The van der Waals surface area contributed by atoms with Crippen LogP contribution in [0.2, 0.25) is 0 Å². The van der Waals surface area contributed by atoms with Crippen LogP contribution in [-0.2, 0) is 18.9 Å². The summed E-state index contributed by atoms with van der Waals surface area (Å²) in [5.41, 5.74) is -1.21. The number of nitrogens with one attached hydrogen (secondary N) is 1. The predicted molar refractivity (Wildman–Crippen MR) is 136 cm³/mol. The Morgan fingerprint density at radius 1 is 0.872 bits per heavy atom. The van der Waals surface area contributed by atoms with Gasteiger partial charge in [-0.05, 0) is 42.5 Å². The first kappa shape index (κ1) is 27.7. The lowest BCUT2D eigenvalue weighted by Gasteiger charge is -2.19. The molecule has 4 rings (SSSR count). The van der Waals surface area contributed by atoms with Crippen LogP contribution in [0.25, 0.3) is 22.3 Å². The highest BCUT2D eigenvalue weighted by Crippen LogP contribution is 2.36. The van der Waals surface area contributed by atoms with Crippen molar-refractivity contribution >= 4 is 22.5 Å². The SMILES string of the molecule is C=CCN(CC=C)Cc1nc(Nc2ccc(C(F)(F)F)cc2)c2ncc(-c3ncccc3C(F)(F)F)cc2n1. The van der Waals surface area contributed by atoms with E-state index in [1.165, 1.54) is 36.7 Å². The minimum Gasteiger partial charge on any atom is -0.338 e. The quantitative estimate of drug-likeness (QED) is 0.180. The van der Waals surface area contributed by atoms with Crippen LogP contribution in [-0.4, -0.2) is 37.9 Å². The van der Waals surface area contributed by atoms with Crippen LogP contribution in [0.4, 0.5) is 37.8 Å². The number of pyridine rings is 2. The average Bonchev–Trinajstić information content (AvgIpc) is 2.88. The van der Waals surface area contributed by atoms with Crippen molar-refractivity contribution < 1.29 is 26.3 Å². The van der Waals surface area contributed by atoms with Crippen LogP contribution in [0.15, 0.2) is 80.2 Å². The molecule has 202 valence electrons. The fourth-order valence-electron chi connectivity index (χ4n) is 3.87. The van der Waals surface area contributed by atoms with Gasteiger partial charge in [0.15, 0.2) is 5.82 Å². The molecule has 0 saturated carbocycles. The second-order valence-corrected chi connectivity index (χ2v) is 8.45. The van der Waals surface area contributed by atoms with Crippen LogP contribution in [0, 0.1) is 0 Å². The minimum atomic E-state index is -4.64. The largest absolute Gasteiger partial charge is 0.418 e. The fraction of sp³-hybridized carbons (Fsp3) is 0.185. The van der Waals surface area contributed by atoms with Crippen LogP contribution < -0.4 is 5.32 Å². The molecule has 39 heavy (non-hydrogen) atoms. The van der Waals surface area contributed by atoms with Crippen molar-refractivity contribution in [2.45, 2.75) is 18.9 Å². The zero-order valence-corrected chi connectivity index (χ0v) is 20.4. The van der Waals surface area contributed by atoms with Gasteiger partial charge in [0.2, 0.25) is 0 Å². The Morgan fingerprint density at radius 3 is 2.18 bits per heavy atom. The van der Waals surface area contributed by atoms with E-state index < -0.39 is 23.5 Å². The molecule has 0 spiro atoms. The summed E-state index contributed by atoms with van der Waals surface area (Å²) in [5.74, 6) is 0.479. The molecule has 1 N–H and O–H groups in total. The minimum absolute atomic E-state index is 0.0922. The number of halogens is 6. The molecule has 0 aliphatic rings. The summed E-state index contributed by atoms with van der Waals surface area (Å²) in [6, 6.07) is 7.89. The highest BCUT2D eigenvalue weighted by molar-refractivity contribution is 5.89. The van der Waals surface area contributed by atoms with Gasteiger partial charge in [-0.15, -0.1) is 13.2 Å². The summed E-state index contributed by atoms with van der Waals surface area (Å²) in [6.45, 7) is 8.65. The van der Waals surface area contributed by atoms with Crippen molar-refractivity contribution in [3.63, 3.8) is 0 Å². The first-order valence-electron chi connectivity index (χ1n) is 11.6. The number of nitrogens with zero attached hydrogens (tertiary/aromatic N) is 5. The van der Waals surface area contributed by atoms with Gasteiger partial charge in [-0.1, -0.05) is 12.2 Å². The molecule has 0 amide bonds. The Bertz CT molecular complexity index is 1470. The zero-order chi connectivity index (χ0) is 28.2. The number of fused-ring (bicyclic) bond motifs is 1. The van der Waals surface area contributed by atoms with Gasteiger partial charge in [0.1, 0.15) is 11.3 Å². The molecular weight excluding hydrogens is 522 g/mol. The third kappa shape index (κ3) is 6.58. The second-order valence-electron chi connectivity index (χ2n) is 8.45. The second kappa shape index (κ2) is 11.2. The Kier molecular flexibility index (Phi) is 7.95. The van der Waals surface area contributed by atoms with Crippen molar-refractivity contribution in [1.82, 2.24) is 24.8 Å². The van der Waals surface area contributed by atoms with Crippen molar-refractivity contribution in [3.8, 4) is 11.3 Å². The summed E-state index contributed by atoms with van der Waals surface area (Å²) in [6.07, 6.45) is -3.29. The van der Waals surface area contributed by atoms with Gasteiger partial charge in [0.05, 0.1) is 28.9 Å². The molecule has 0 aliphatic heterocycles. The molecule has 0 fully saturated rings. The maximum Gasteiger partial charge on any atom is 0.418 e. The maximum absolute atomic E-state index is 13.6. The van der Waals surface area contributed by atoms with Gasteiger partial charge < -0.3 is 5.32 Å². The maximum atomic E-state index is 13.6. The van der Waals surface area contributed by atoms with Gasteiger partial charge in [-0.25, -0.2) is 15.0 Å². The van der Waals surface area contributed by atoms with Gasteiger partial charge in [0.25, 0.3) is 0 Å². The smallest absolute Gasteiger partial charge is 0.338 e. The van der Waals surface area contributed by atoms with E-state index in [0.29, 0.717) is 24.6 Å². The van der Waals surface area contributed by atoms with E-state index in [-0.39, 0.29) is 34.7 Å². The van der Waals surface area contributed by atoms with Gasteiger partial charge in [-0.3, -0.25) is 9.88 Å². The van der Waals surface area contributed by atoms with E-state index in [1.807, 2.05) is 4.90 Å². The van der Waals surface area contributed by atoms with Gasteiger partial charge >= 0.3 is 12.4 Å². The summed E-state index contributed by atoms with van der Waals surface area (Å²) in [7, 11) is 0. The van der Waals surface area contributed by atoms with E-state index >= 15 is 0 Å². The molecule has 12 heteroatoms. The van der Waals surface area contributed by atoms with Crippen LogP contribution in [0.3, 0.4) is 0 Å². The molecule has 0 bridgehead atoms. The monoisotopic (exact) mass is 544 g/mol. The van der Waals surface area contributed by atoms with Crippen molar-refractivity contribution in [2.75, 3.05) is 18.4 Å². The normalized spacial score (nSPS) is 12.1. The lowest BCUT2D eigenvalue weighted by Crippen LogP contribution is -2.24. The number of benzene rings is 1. The van der Waals surface area contributed by atoms with E-state index in [9.17, 15) is 26.3 Å². The fourth-order valence-corrected chi connectivity index (χ4v) is 3.87. The number of anilines is 2. The van der Waals surface area contributed by atoms with Crippen molar-refractivity contribution in [1.29, 1.82) is 0 Å². The Balaban J connectivity index is 1.81. The Morgan fingerprint density at radius 2 is 1.56 bits per heavy atom. The van der Waals surface area contributed by atoms with Crippen LogP contribution >= 0.6 is 0 Å². The number of aromatic nitrogens is 4. The standard InChI is InChI=1S/C27H22F6N6/c1-3-12-39(13-4-2)16-22-37-21-14-17(23-20(27(31,32)33)6-5-11-34-23)15-35-24(21)25(38-22)36-19-9-7-18(8-10-19)26(28,29)30/h3-11,14-15H,1-2,12-13,16H2,(H,36,37,38). The Labute approximate surface area is 219 Å². The van der Waals surface area contributed by atoms with Crippen LogP contribution in [0.5, 0.6) is 0 Å². The predicted octanol–water partition coefficient (Wildman–Crippen LogP) is 7.04. The summed E-state index contributed by atoms with van der Waals surface area (Å²) in [5, 5.41) is 2.96. The molecule has 0 saturated heterocycles. The molecule has 4 aromatic rings. The summed E-state index contributed by atoms with van der Waals surface area (Å²) < 4.78 is 79.8. The first-order valence-corrected chi connectivity index (χ1v) is 11.6. The Hall–Kier alpha value is -4.32.